The molecule has 104 valence electrons. The fourth-order valence-electron chi connectivity index (χ4n) is 4.84. The maximum absolute atomic E-state index is 11.7. The molecule has 2 unspecified atom stereocenters. The van der Waals surface area contributed by atoms with E-state index in [2.05, 4.69) is 11.9 Å². The molecule has 4 saturated carbocycles. The van der Waals surface area contributed by atoms with Gasteiger partial charge in [-0.25, -0.2) is 4.79 Å². The SMILES string of the molecule is C=CCOC(=O)NCC12CC3CC1(C(=O)O)CC3C2. The van der Waals surface area contributed by atoms with Crippen LogP contribution in [0.3, 0.4) is 0 Å². The largest absolute Gasteiger partial charge is 0.481 e. The third-order valence-electron chi connectivity index (χ3n) is 5.52. The minimum absolute atomic E-state index is 0.175. The van der Waals surface area contributed by atoms with Gasteiger partial charge in [0.25, 0.3) is 0 Å². The van der Waals surface area contributed by atoms with Crippen LogP contribution in [0.15, 0.2) is 12.7 Å². The molecule has 0 radical (unpaired) electrons. The van der Waals surface area contributed by atoms with Crippen LogP contribution < -0.4 is 5.32 Å². The molecular formula is C14H19NO4. The second-order valence-corrected chi connectivity index (χ2v) is 6.24. The van der Waals surface area contributed by atoms with Crippen LogP contribution in [0.1, 0.15) is 25.7 Å². The summed E-state index contributed by atoms with van der Waals surface area (Å²) < 4.78 is 4.88. The third kappa shape index (κ3) is 1.53. The molecule has 5 nitrogen and oxygen atoms in total. The van der Waals surface area contributed by atoms with Gasteiger partial charge in [-0.15, -0.1) is 0 Å². The van der Waals surface area contributed by atoms with Gasteiger partial charge < -0.3 is 15.2 Å². The minimum Gasteiger partial charge on any atom is -0.481 e. The van der Waals surface area contributed by atoms with E-state index in [4.69, 9.17) is 4.74 Å². The van der Waals surface area contributed by atoms with Crippen molar-refractivity contribution in [2.45, 2.75) is 25.7 Å². The summed E-state index contributed by atoms with van der Waals surface area (Å²) in [6.45, 7) is 4.07. The summed E-state index contributed by atoms with van der Waals surface area (Å²) in [6.07, 6.45) is 4.47. The van der Waals surface area contributed by atoms with Gasteiger partial charge in [0.15, 0.2) is 0 Å². The van der Waals surface area contributed by atoms with E-state index in [9.17, 15) is 14.7 Å². The van der Waals surface area contributed by atoms with Gasteiger partial charge >= 0.3 is 12.1 Å². The van der Waals surface area contributed by atoms with Crippen molar-refractivity contribution in [3.05, 3.63) is 12.7 Å². The molecular weight excluding hydrogens is 246 g/mol. The van der Waals surface area contributed by atoms with Crippen molar-refractivity contribution in [1.29, 1.82) is 0 Å². The van der Waals surface area contributed by atoms with Gasteiger partial charge in [-0.3, -0.25) is 4.79 Å². The van der Waals surface area contributed by atoms with Crippen molar-refractivity contribution in [3.63, 3.8) is 0 Å². The molecule has 5 heteroatoms. The highest BCUT2D eigenvalue weighted by atomic mass is 16.5. The van der Waals surface area contributed by atoms with Crippen LogP contribution >= 0.6 is 0 Å². The van der Waals surface area contributed by atoms with E-state index in [1.54, 1.807) is 0 Å². The van der Waals surface area contributed by atoms with Crippen molar-refractivity contribution in [2.24, 2.45) is 22.7 Å². The molecule has 0 aromatic heterocycles. The molecule has 4 rings (SSSR count). The highest BCUT2D eigenvalue weighted by Gasteiger charge is 2.74. The normalized spacial score (nSPS) is 41.5. The number of carboxylic acids is 1. The number of carboxylic acid groups (broad SMARTS) is 1. The van der Waals surface area contributed by atoms with E-state index < -0.39 is 17.5 Å². The topological polar surface area (TPSA) is 75.6 Å². The number of alkyl carbamates (subject to hydrolysis) is 1. The number of amides is 1. The summed E-state index contributed by atoms with van der Waals surface area (Å²) in [5, 5.41) is 12.3. The Morgan fingerprint density at radius 1 is 1.32 bits per heavy atom. The van der Waals surface area contributed by atoms with Crippen LogP contribution in [0.2, 0.25) is 0 Å². The summed E-state index contributed by atoms with van der Waals surface area (Å²) in [5.41, 5.74) is -0.852. The first-order valence-electron chi connectivity index (χ1n) is 6.78. The van der Waals surface area contributed by atoms with Crippen molar-refractivity contribution < 1.29 is 19.4 Å². The molecule has 0 heterocycles. The van der Waals surface area contributed by atoms with Gasteiger partial charge in [0, 0.05) is 12.0 Å². The number of aliphatic carboxylic acids is 1. The summed E-state index contributed by atoms with van der Waals surface area (Å²) in [6, 6.07) is 0. The minimum atomic E-state index is -0.684. The van der Waals surface area contributed by atoms with E-state index in [0.29, 0.717) is 18.4 Å². The van der Waals surface area contributed by atoms with Crippen LogP contribution in [0, 0.1) is 22.7 Å². The molecule has 2 N–H and O–H groups in total. The lowest BCUT2D eigenvalue weighted by atomic mass is 9.68. The quantitative estimate of drug-likeness (QED) is 0.743. The lowest BCUT2D eigenvalue weighted by Crippen LogP contribution is -2.47. The van der Waals surface area contributed by atoms with Gasteiger partial charge in [-0.05, 0) is 37.5 Å². The number of rotatable bonds is 5. The number of carbonyl (C=O) groups excluding carboxylic acids is 1. The first kappa shape index (κ1) is 12.5. The molecule has 4 fully saturated rings. The zero-order valence-electron chi connectivity index (χ0n) is 10.9. The Bertz CT molecular complexity index is 431. The van der Waals surface area contributed by atoms with Crippen LogP contribution in [0.25, 0.3) is 0 Å². The van der Waals surface area contributed by atoms with Gasteiger partial charge in [-0.2, -0.15) is 0 Å². The molecule has 19 heavy (non-hydrogen) atoms. The van der Waals surface area contributed by atoms with Gasteiger partial charge in [-0.1, -0.05) is 12.7 Å². The average Bonchev–Trinajstić information content (AvgIpc) is 3.04. The summed E-state index contributed by atoms with van der Waals surface area (Å²) in [4.78, 5) is 23.2. The Morgan fingerprint density at radius 3 is 2.47 bits per heavy atom. The standard InChI is InChI=1S/C14H19NO4/c1-2-3-19-12(18)15-8-13-4-9-6-14(13,11(16)17)7-10(9)5-13/h2,9-10H,1,3-8H2,(H,15,18)(H,16,17). The lowest BCUT2D eigenvalue weighted by molar-refractivity contribution is -0.153. The number of hydrogen-bond acceptors (Lipinski definition) is 3. The summed E-state index contributed by atoms with van der Waals surface area (Å²) in [7, 11) is 0. The zero-order chi connectivity index (χ0) is 13.7. The maximum atomic E-state index is 11.7. The predicted molar refractivity (Wildman–Crippen MR) is 67.5 cm³/mol. The van der Waals surface area contributed by atoms with Crippen molar-refractivity contribution in [3.8, 4) is 0 Å². The molecule has 4 aliphatic rings. The number of nitrogens with one attached hydrogen (secondary N) is 1. The Labute approximate surface area is 112 Å². The van der Waals surface area contributed by atoms with E-state index in [1.807, 2.05) is 0 Å². The predicted octanol–water partition coefficient (Wildman–Crippen LogP) is 1.79. The summed E-state index contributed by atoms with van der Waals surface area (Å²) in [5.74, 6) is 0.403. The molecule has 4 aliphatic carbocycles. The summed E-state index contributed by atoms with van der Waals surface area (Å²) >= 11 is 0. The van der Waals surface area contributed by atoms with E-state index in [1.165, 1.54) is 6.08 Å². The van der Waals surface area contributed by atoms with Crippen molar-refractivity contribution >= 4 is 12.1 Å². The van der Waals surface area contributed by atoms with E-state index in [-0.39, 0.29) is 12.0 Å². The first-order chi connectivity index (χ1) is 9.03. The third-order valence-corrected chi connectivity index (χ3v) is 5.52. The number of carbonyl (C=O) groups is 2. The smallest absolute Gasteiger partial charge is 0.407 e. The fourth-order valence-corrected chi connectivity index (χ4v) is 4.84. The van der Waals surface area contributed by atoms with Crippen LogP contribution in [-0.4, -0.2) is 30.3 Å². The van der Waals surface area contributed by atoms with Crippen LogP contribution in [-0.2, 0) is 9.53 Å². The van der Waals surface area contributed by atoms with Gasteiger partial charge in [0.2, 0.25) is 0 Å². The monoisotopic (exact) mass is 265 g/mol. The van der Waals surface area contributed by atoms with E-state index in [0.717, 1.165) is 25.7 Å². The molecule has 0 aromatic carbocycles. The highest BCUT2D eigenvalue weighted by molar-refractivity contribution is 5.78. The molecule has 4 bridgehead atoms. The number of hydrogen-bond donors (Lipinski definition) is 2. The Morgan fingerprint density at radius 2 is 1.95 bits per heavy atom. The van der Waals surface area contributed by atoms with Crippen LogP contribution in [0.4, 0.5) is 4.79 Å². The van der Waals surface area contributed by atoms with E-state index >= 15 is 0 Å². The van der Waals surface area contributed by atoms with Gasteiger partial charge in [0.1, 0.15) is 6.61 Å². The number of ether oxygens (including phenoxy) is 1. The molecule has 0 saturated heterocycles. The molecule has 2 atom stereocenters. The molecule has 0 spiro atoms. The first-order valence-corrected chi connectivity index (χ1v) is 6.78. The fraction of sp³-hybridized carbons (Fsp3) is 0.714. The second kappa shape index (κ2) is 3.99. The second-order valence-electron chi connectivity index (χ2n) is 6.24. The Hall–Kier alpha value is -1.52. The molecule has 1 amide bonds. The molecule has 0 aliphatic heterocycles. The Kier molecular flexibility index (Phi) is 2.62. The molecule has 0 aromatic rings. The Balaban J connectivity index is 1.69. The van der Waals surface area contributed by atoms with Crippen molar-refractivity contribution in [1.82, 2.24) is 5.32 Å². The average molecular weight is 265 g/mol. The van der Waals surface area contributed by atoms with Crippen LogP contribution in [0.5, 0.6) is 0 Å². The van der Waals surface area contributed by atoms with Crippen molar-refractivity contribution in [2.75, 3.05) is 13.2 Å². The lowest BCUT2D eigenvalue weighted by Gasteiger charge is -2.37. The highest BCUT2D eigenvalue weighted by Crippen LogP contribution is 2.76. The van der Waals surface area contributed by atoms with Gasteiger partial charge in [0.05, 0.1) is 5.41 Å². The zero-order valence-corrected chi connectivity index (χ0v) is 10.9. The maximum Gasteiger partial charge on any atom is 0.407 e.